The van der Waals surface area contributed by atoms with Crippen LogP contribution in [0.1, 0.15) is 21.5 Å². The van der Waals surface area contributed by atoms with E-state index in [9.17, 15) is 14.3 Å². The third kappa shape index (κ3) is 5.00. The summed E-state index contributed by atoms with van der Waals surface area (Å²) in [4.78, 5) is 12.5. The number of halogens is 3. The molecule has 0 saturated carbocycles. The first-order valence-corrected chi connectivity index (χ1v) is 8.85. The first-order chi connectivity index (χ1) is 12.9. The Bertz CT molecular complexity index is 972. The van der Waals surface area contributed by atoms with Crippen molar-refractivity contribution >= 4 is 29.0 Å². The summed E-state index contributed by atoms with van der Waals surface area (Å²) >= 11 is 11.9. The minimum atomic E-state index is -0.319. The highest BCUT2D eigenvalue weighted by atomic mass is 35.5. The standard InChI is InChI=1S/C21H15Cl2FO3/c22-15-4-3-14(19(23)10-15)9-20(25)18-8-7-17(11-21(18)26)27-12-13-1-5-16(24)6-2-13/h1-8,10-11,26H,9,12H2. The number of ketones is 1. The van der Waals surface area contributed by atoms with E-state index < -0.39 is 0 Å². The molecular formula is C21H15Cl2FO3. The van der Waals surface area contributed by atoms with Gasteiger partial charge in [0.1, 0.15) is 23.9 Å². The molecule has 0 bridgehead atoms. The zero-order valence-electron chi connectivity index (χ0n) is 14.1. The maximum Gasteiger partial charge on any atom is 0.171 e. The Morgan fingerprint density at radius 1 is 1.00 bits per heavy atom. The number of benzene rings is 3. The van der Waals surface area contributed by atoms with Gasteiger partial charge in [0.05, 0.1) is 5.56 Å². The molecule has 0 saturated heterocycles. The molecule has 0 spiro atoms. The second-order valence-corrected chi connectivity index (χ2v) is 6.77. The van der Waals surface area contributed by atoms with Crippen LogP contribution in [0.25, 0.3) is 0 Å². The van der Waals surface area contributed by atoms with E-state index in [1.165, 1.54) is 24.3 Å². The number of carbonyl (C=O) groups is 1. The van der Waals surface area contributed by atoms with Gasteiger partial charge in [-0.2, -0.15) is 0 Å². The summed E-state index contributed by atoms with van der Waals surface area (Å²) in [7, 11) is 0. The summed E-state index contributed by atoms with van der Waals surface area (Å²) in [5.41, 5.74) is 1.59. The molecule has 0 atom stereocenters. The first kappa shape index (κ1) is 19.2. The number of ether oxygens (including phenoxy) is 1. The summed E-state index contributed by atoms with van der Waals surface area (Å²) in [5, 5.41) is 11.1. The smallest absolute Gasteiger partial charge is 0.171 e. The molecule has 0 amide bonds. The van der Waals surface area contributed by atoms with Crippen LogP contribution in [-0.4, -0.2) is 10.9 Å². The van der Waals surface area contributed by atoms with E-state index in [4.69, 9.17) is 27.9 Å². The summed E-state index contributed by atoms with van der Waals surface area (Å²) in [6, 6.07) is 15.3. The first-order valence-electron chi connectivity index (χ1n) is 8.10. The fourth-order valence-corrected chi connectivity index (χ4v) is 2.99. The summed E-state index contributed by atoms with van der Waals surface area (Å²) in [6.45, 7) is 0.216. The zero-order chi connectivity index (χ0) is 19.4. The van der Waals surface area contributed by atoms with Crippen molar-refractivity contribution in [3.63, 3.8) is 0 Å². The van der Waals surface area contributed by atoms with E-state index in [0.717, 1.165) is 5.56 Å². The van der Waals surface area contributed by atoms with Gasteiger partial charge in [-0.05, 0) is 47.5 Å². The number of carbonyl (C=O) groups excluding carboxylic acids is 1. The molecule has 138 valence electrons. The quantitative estimate of drug-likeness (QED) is 0.524. The van der Waals surface area contributed by atoms with Crippen LogP contribution < -0.4 is 4.74 Å². The molecular weight excluding hydrogens is 390 g/mol. The Labute approximate surface area is 165 Å². The van der Waals surface area contributed by atoms with Crippen LogP contribution in [0.2, 0.25) is 10.0 Å². The summed E-state index contributed by atoms with van der Waals surface area (Å²) < 4.78 is 18.5. The third-order valence-corrected chi connectivity index (χ3v) is 4.54. The number of hydrogen-bond acceptors (Lipinski definition) is 3. The second kappa shape index (κ2) is 8.42. The fourth-order valence-electron chi connectivity index (χ4n) is 2.52. The van der Waals surface area contributed by atoms with E-state index >= 15 is 0 Å². The van der Waals surface area contributed by atoms with Crippen molar-refractivity contribution in [1.29, 1.82) is 0 Å². The molecule has 1 N–H and O–H groups in total. The summed E-state index contributed by atoms with van der Waals surface area (Å²) in [6.07, 6.45) is 0.0410. The highest BCUT2D eigenvalue weighted by Crippen LogP contribution is 2.27. The topological polar surface area (TPSA) is 46.5 Å². The van der Waals surface area contributed by atoms with Gasteiger partial charge >= 0.3 is 0 Å². The molecule has 0 unspecified atom stereocenters. The number of phenols is 1. The van der Waals surface area contributed by atoms with Crippen molar-refractivity contribution in [1.82, 2.24) is 0 Å². The van der Waals surface area contributed by atoms with Crippen LogP contribution in [0.15, 0.2) is 60.7 Å². The van der Waals surface area contributed by atoms with E-state index in [1.807, 2.05) is 0 Å². The molecule has 3 rings (SSSR count). The van der Waals surface area contributed by atoms with Crippen molar-refractivity contribution in [3.05, 3.63) is 93.2 Å². The molecule has 3 aromatic carbocycles. The lowest BCUT2D eigenvalue weighted by molar-refractivity contribution is 0.0990. The van der Waals surface area contributed by atoms with E-state index in [-0.39, 0.29) is 35.9 Å². The van der Waals surface area contributed by atoms with Crippen molar-refractivity contribution in [3.8, 4) is 11.5 Å². The Morgan fingerprint density at radius 2 is 1.74 bits per heavy atom. The van der Waals surface area contributed by atoms with Gasteiger partial charge in [0.15, 0.2) is 5.78 Å². The molecule has 0 aliphatic heterocycles. The average molecular weight is 405 g/mol. The number of hydrogen-bond donors (Lipinski definition) is 1. The van der Waals surface area contributed by atoms with E-state index in [0.29, 0.717) is 21.4 Å². The van der Waals surface area contributed by atoms with Crippen LogP contribution in [-0.2, 0) is 13.0 Å². The van der Waals surface area contributed by atoms with Crippen LogP contribution in [0.5, 0.6) is 11.5 Å². The van der Waals surface area contributed by atoms with Crippen LogP contribution in [0.4, 0.5) is 4.39 Å². The van der Waals surface area contributed by atoms with Gasteiger partial charge in [0.2, 0.25) is 0 Å². The molecule has 27 heavy (non-hydrogen) atoms. The molecule has 3 aromatic rings. The molecule has 0 radical (unpaired) electrons. The van der Waals surface area contributed by atoms with Crippen LogP contribution >= 0.6 is 23.2 Å². The Hall–Kier alpha value is -2.56. The molecule has 6 heteroatoms. The predicted molar refractivity (Wildman–Crippen MR) is 103 cm³/mol. The lowest BCUT2D eigenvalue weighted by Crippen LogP contribution is -2.05. The van der Waals surface area contributed by atoms with Gasteiger partial charge < -0.3 is 9.84 Å². The van der Waals surface area contributed by atoms with Gasteiger partial charge in [-0.25, -0.2) is 4.39 Å². The zero-order valence-corrected chi connectivity index (χ0v) is 15.6. The Balaban J connectivity index is 1.68. The van der Waals surface area contributed by atoms with Crippen LogP contribution in [0, 0.1) is 5.82 Å². The minimum absolute atomic E-state index is 0.0410. The third-order valence-electron chi connectivity index (χ3n) is 3.95. The van der Waals surface area contributed by atoms with Gasteiger partial charge in [-0.3, -0.25) is 4.79 Å². The van der Waals surface area contributed by atoms with E-state index in [2.05, 4.69) is 0 Å². The van der Waals surface area contributed by atoms with E-state index in [1.54, 1.807) is 36.4 Å². The SMILES string of the molecule is O=C(Cc1ccc(Cl)cc1Cl)c1ccc(OCc2ccc(F)cc2)cc1O. The number of phenolic OH excluding ortho intramolecular Hbond substituents is 1. The van der Waals surface area contributed by atoms with Crippen molar-refractivity contribution in [2.24, 2.45) is 0 Å². The minimum Gasteiger partial charge on any atom is -0.507 e. The van der Waals surface area contributed by atoms with Gasteiger partial charge in [0, 0.05) is 22.5 Å². The maximum atomic E-state index is 12.9. The fraction of sp³-hybridized carbons (Fsp3) is 0.0952. The van der Waals surface area contributed by atoms with Crippen LogP contribution in [0.3, 0.4) is 0 Å². The largest absolute Gasteiger partial charge is 0.507 e. The maximum absolute atomic E-state index is 12.9. The second-order valence-electron chi connectivity index (χ2n) is 5.93. The van der Waals surface area contributed by atoms with Crippen molar-refractivity contribution < 1.29 is 19.0 Å². The predicted octanol–water partition coefficient (Wildman–Crippen LogP) is 5.84. The lowest BCUT2D eigenvalue weighted by Gasteiger charge is -2.10. The molecule has 0 fully saturated rings. The average Bonchev–Trinajstić information content (AvgIpc) is 2.63. The molecule has 0 aliphatic rings. The lowest BCUT2D eigenvalue weighted by atomic mass is 10.0. The normalized spacial score (nSPS) is 10.6. The molecule has 3 nitrogen and oxygen atoms in total. The summed E-state index contributed by atoms with van der Waals surface area (Å²) in [5.74, 6) is -0.374. The molecule has 0 heterocycles. The van der Waals surface area contributed by atoms with Crippen molar-refractivity contribution in [2.75, 3.05) is 0 Å². The van der Waals surface area contributed by atoms with Gasteiger partial charge in [-0.1, -0.05) is 41.4 Å². The highest BCUT2D eigenvalue weighted by Gasteiger charge is 2.15. The molecule has 0 aromatic heterocycles. The van der Waals surface area contributed by atoms with Gasteiger partial charge in [-0.15, -0.1) is 0 Å². The Morgan fingerprint density at radius 3 is 2.41 bits per heavy atom. The Kier molecular flexibility index (Phi) is 5.99. The number of Topliss-reactive ketones (excluding diaryl/α,β-unsaturated/α-hetero) is 1. The molecule has 0 aliphatic carbocycles. The monoisotopic (exact) mass is 404 g/mol. The van der Waals surface area contributed by atoms with Gasteiger partial charge in [0.25, 0.3) is 0 Å². The highest BCUT2D eigenvalue weighted by molar-refractivity contribution is 6.35. The number of rotatable bonds is 6. The number of aromatic hydroxyl groups is 1. The van der Waals surface area contributed by atoms with Crippen molar-refractivity contribution in [2.45, 2.75) is 13.0 Å².